The average Bonchev–Trinajstić information content (AvgIpc) is 2.43. The Balaban J connectivity index is 2.33. The number of hydrogen-bond acceptors (Lipinski definition) is 1. The van der Waals surface area contributed by atoms with E-state index in [2.05, 4.69) is 0 Å². The van der Waals surface area contributed by atoms with Gasteiger partial charge in [0, 0.05) is 11.4 Å². The molecule has 0 spiro atoms. The average molecular weight is 275 g/mol. The summed E-state index contributed by atoms with van der Waals surface area (Å²) in [6, 6.07) is 15.9. The molecule has 0 amide bonds. The Bertz CT molecular complexity index is 550. The van der Waals surface area contributed by atoms with E-state index in [1.54, 1.807) is 0 Å². The van der Waals surface area contributed by atoms with Gasteiger partial charge in [0.25, 0.3) is 0 Å². The van der Waals surface area contributed by atoms with Gasteiger partial charge in [-0.25, -0.2) is 0 Å². The Morgan fingerprint density at radius 3 is 2.37 bits per heavy atom. The van der Waals surface area contributed by atoms with E-state index in [1.165, 1.54) is 0 Å². The van der Waals surface area contributed by atoms with Crippen molar-refractivity contribution in [1.29, 1.82) is 0 Å². The number of rotatable bonds is 4. The fraction of sp³-hybridized carbons (Fsp3) is 0.294. The summed E-state index contributed by atoms with van der Waals surface area (Å²) in [4.78, 5) is 0. The maximum absolute atomic E-state index is 10.9. The van der Waals surface area contributed by atoms with E-state index < -0.39 is 5.60 Å². The third kappa shape index (κ3) is 3.17. The summed E-state index contributed by atoms with van der Waals surface area (Å²) in [5.74, 6) is 0. The Morgan fingerprint density at radius 1 is 1.11 bits per heavy atom. The maximum atomic E-state index is 10.9. The van der Waals surface area contributed by atoms with Crippen molar-refractivity contribution in [2.45, 2.75) is 32.3 Å². The molecule has 0 aliphatic carbocycles. The highest BCUT2D eigenvalue weighted by Gasteiger charge is 2.27. The van der Waals surface area contributed by atoms with Gasteiger partial charge in [-0.05, 0) is 36.1 Å². The monoisotopic (exact) mass is 274 g/mol. The Morgan fingerprint density at radius 2 is 1.79 bits per heavy atom. The topological polar surface area (TPSA) is 20.2 Å². The largest absolute Gasteiger partial charge is 0.385 e. The van der Waals surface area contributed by atoms with Gasteiger partial charge in [-0.15, -0.1) is 0 Å². The van der Waals surface area contributed by atoms with Gasteiger partial charge in [-0.3, -0.25) is 0 Å². The van der Waals surface area contributed by atoms with Gasteiger partial charge >= 0.3 is 0 Å². The molecule has 100 valence electrons. The summed E-state index contributed by atoms with van der Waals surface area (Å²) >= 11 is 6.17. The first kappa shape index (κ1) is 14.1. The second-order valence-corrected chi connectivity index (χ2v) is 5.42. The van der Waals surface area contributed by atoms with Gasteiger partial charge in [0.2, 0.25) is 0 Å². The molecule has 1 nitrogen and oxygen atoms in total. The molecule has 0 aromatic heterocycles. The predicted octanol–water partition coefficient (Wildman–Crippen LogP) is 4.49. The molecule has 0 saturated carbocycles. The number of halogens is 1. The van der Waals surface area contributed by atoms with Gasteiger partial charge in [-0.2, -0.15) is 0 Å². The summed E-state index contributed by atoms with van der Waals surface area (Å²) in [6.45, 7) is 3.96. The molecule has 1 N–H and O–H groups in total. The molecule has 1 atom stereocenters. The van der Waals surface area contributed by atoms with Crippen LogP contribution < -0.4 is 0 Å². The molecule has 0 heterocycles. The first-order valence-corrected chi connectivity index (χ1v) is 6.96. The fourth-order valence-corrected chi connectivity index (χ4v) is 2.43. The van der Waals surface area contributed by atoms with Crippen molar-refractivity contribution in [3.05, 3.63) is 70.2 Å². The second kappa shape index (κ2) is 5.77. The molecular weight excluding hydrogens is 256 g/mol. The van der Waals surface area contributed by atoms with Crippen molar-refractivity contribution in [3.8, 4) is 0 Å². The van der Waals surface area contributed by atoms with E-state index in [1.807, 2.05) is 62.4 Å². The van der Waals surface area contributed by atoms with Crippen LogP contribution in [0.2, 0.25) is 5.02 Å². The van der Waals surface area contributed by atoms with E-state index in [4.69, 9.17) is 11.6 Å². The zero-order valence-corrected chi connectivity index (χ0v) is 12.1. The highest BCUT2D eigenvalue weighted by molar-refractivity contribution is 6.31. The van der Waals surface area contributed by atoms with Crippen molar-refractivity contribution < 1.29 is 5.11 Å². The van der Waals surface area contributed by atoms with Crippen LogP contribution in [0.4, 0.5) is 0 Å². The summed E-state index contributed by atoms with van der Waals surface area (Å²) in [6.07, 6.45) is 1.25. The van der Waals surface area contributed by atoms with Crippen LogP contribution in [0.5, 0.6) is 0 Å². The van der Waals surface area contributed by atoms with Crippen molar-refractivity contribution in [3.63, 3.8) is 0 Å². The normalized spacial score (nSPS) is 14.1. The van der Waals surface area contributed by atoms with Gasteiger partial charge in [0.15, 0.2) is 0 Å². The zero-order valence-electron chi connectivity index (χ0n) is 11.4. The van der Waals surface area contributed by atoms with Crippen molar-refractivity contribution in [2.24, 2.45) is 0 Å². The first-order valence-electron chi connectivity index (χ1n) is 6.58. The van der Waals surface area contributed by atoms with Crippen LogP contribution in [0, 0.1) is 6.92 Å². The summed E-state index contributed by atoms with van der Waals surface area (Å²) in [7, 11) is 0. The lowest BCUT2D eigenvalue weighted by Gasteiger charge is -2.28. The number of aryl methyl sites for hydroxylation is 1. The lowest BCUT2D eigenvalue weighted by Crippen LogP contribution is -2.27. The standard InChI is InChI=1S/C17H19ClO/c1-3-17(19,12-14-7-5-4-6-8-14)15-10-9-13(2)16(18)11-15/h4-11,19H,3,12H2,1-2H3. The Labute approximate surface area is 119 Å². The SMILES string of the molecule is CCC(O)(Cc1ccccc1)c1ccc(C)c(Cl)c1. The minimum absolute atomic E-state index is 0.601. The van der Waals surface area contributed by atoms with Gasteiger partial charge in [0.1, 0.15) is 0 Å². The molecule has 2 heteroatoms. The van der Waals surface area contributed by atoms with E-state index in [0.29, 0.717) is 17.9 Å². The lowest BCUT2D eigenvalue weighted by molar-refractivity contribution is 0.0327. The van der Waals surface area contributed by atoms with E-state index in [-0.39, 0.29) is 0 Å². The number of aliphatic hydroxyl groups is 1. The van der Waals surface area contributed by atoms with Gasteiger partial charge < -0.3 is 5.11 Å². The molecule has 0 fully saturated rings. The molecule has 1 unspecified atom stereocenters. The molecule has 0 bridgehead atoms. The zero-order chi connectivity index (χ0) is 13.9. The molecule has 2 rings (SSSR count). The van der Waals surface area contributed by atoms with Crippen LogP contribution in [0.15, 0.2) is 48.5 Å². The lowest BCUT2D eigenvalue weighted by atomic mass is 9.85. The maximum Gasteiger partial charge on any atom is 0.0934 e. The second-order valence-electron chi connectivity index (χ2n) is 5.01. The smallest absolute Gasteiger partial charge is 0.0934 e. The quantitative estimate of drug-likeness (QED) is 0.871. The molecule has 0 aliphatic heterocycles. The highest BCUT2D eigenvalue weighted by atomic mass is 35.5. The van der Waals surface area contributed by atoms with Crippen LogP contribution in [0.25, 0.3) is 0 Å². The molecule has 0 radical (unpaired) electrons. The summed E-state index contributed by atoms with van der Waals surface area (Å²) in [5, 5.41) is 11.6. The Hall–Kier alpha value is -1.31. The summed E-state index contributed by atoms with van der Waals surface area (Å²) < 4.78 is 0. The molecule has 0 saturated heterocycles. The van der Waals surface area contributed by atoms with E-state index in [9.17, 15) is 5.11 Å². The minimum Gasteiger partial charge on any atom is -0.385 e. The van der Waals surface area contributed by atoms with Crippen molar-refractivity contribution >= 4 is 11.6 Å². The van der Waals surface area contributed by atoms with Crippen molar-refractivity contribution in [1.82, 2.24) is 0 Å². The molecule has 0 aliphatic rings. The third-order valence-electron chi connectivity index (χ3n) is 3.63. The fourth-order valence-electron chi connectivity index (χ4n) is 2.25. The van der Waals surface area contributed by atoms with E-state index in [0.717, 1.165) is 16.7 Å². The number of benzene rings is 2. The van der Waals surface area contributed by atoms with Crippen LogP contribution in [-0.2, 0) is 12.0 Å². The molecule has 2 aromatic carbocycles. The van der Waals surface area contributed by atoms with Crippen molar-refractivity contribution in [2.75, 3.05) is 0 Å². The highest BCUT2D eigenvalue weighted by Crippen LogP contribution is 2.31. The van der Waals surface area contributed by atoms with Gasteiger partial charge in [-0.1, -0.05) is 61.0 Å². The molecular formula is C17H19ClO. The third-order valence-corrected chi connectivity index (χ3v) is 4.04. The predicted molar refractivity (Wildman–Crippen MR) is 80.5 cm³/mol. The summed E-state index contributed by atoms with van der Waals surface area (Å²) in [5.41, 5.74) is 2.18. The van der Waals surface area contributed by atoms with Crippen LogP contribution >= 0.6 is 11.6 Å². The molecule has 2 aromatic rings. The molecule has 19 heavy (non-hydrogen) atoms. The van der Waals surface area contributed by atoms with Gasteiger partial charge in [0.05, 0.1) is 5.60 Å². The van der Waals surface area contributed by atoms with Crippen LogP contribution in [-0.4, -0.2) is 5.11 Å². The van der Waals surface area contributed by atoms with E-state index >= 15 is 0 Å². The number of hydrogen-bond donors (Lipinski definition) is 1. The first-order chi connectivity index (χ1) is 9.05. The van der Waals surface area contributed by atoms with Crippen LogP contribution in [0.1, 0.15) is 30.0 Å². The van der Waals surface area contributed by atoms with Crippen LogP contribution in [0.3, 0.4) is 0 Å². The minimum atomic E-state index is -0.862. The Kier molecular flexibility index (Phi) is 4.28.